The van der Waals surface area contributed by atoms with Crippen LogP contribution in [-0.4, -0.2) is 31.0 Å². The number of hydrogen-bond donors (Lipinski definition) is 2. The van der Waals surface area contributed by atoms with E-state index in [9.17, 15) is 5.11 Å². The Morgan fingerprint density at radius 3 is 2.89 bits per heavy atom. The van der Waals surface area contributed by atoms with E-state index in [1.54, 1.807) is 0 Å². The number of aryl methyl sites for hydroxylation is 1. The Bertz CT molecular complexity index is 358. The Hall–Kier alpha value is -0.770. The van der Waals surface area contributed by atoms with Crippen molar-refractivity contribution in [3.8, 4) is 0 Å². The number of aliphatic hydroxyl groups excluding tert-OH is 1. The third-order valence-electron chi connectivity index (χ3n) is 2.67. The zero-order chi connectivity index (χ0) is 13.4. The number of nitrogens with one attached hydrogen (secondary N) is 1. The topological polar surface area (TPSA) is 41.5 Å². The average molecular weight is 272 g/mol. The van der Waals surface area contributed by atoms with Gasteiger partial charge >= 0.3 is 0 Å². The average Bonchev–Trinajstić information content (AvgIpc) is 2.36. The summed E-state index contributed by atoms with van der Waals surface area (Å²) in [5.74, 6) is 0. The number of anilines is 1. The Morgan fingerprint density at radius 1 is 1.44 bits per heavy atom. The van der Waals surface area contributed by atoms with Crippen molar-refractivity contribution in [2.45, 2.75) is 32.8 Å². The SMILES string of the molecule is CCCCOCC(O)CNc1ccc(C)c(Cl)c1. The standard InChI is InChI=1S/C14H22ClNO2/c1-3-4-7-18-10-13(17)9-16-12-6-5-11(2)14(15)8-12/h5-6,8,13,16-17H,3-4,7,9-10H2,1-2H3. The monoisotopic (exact) mass is 271 g/mol. The van der Waals surface area contributed by atoms with Gasteiger partial charge in [0.05, 0.1) is 12.7 Å². The molecule has 0 amide bonds. The first-order valence-corrected chi connectivity index (χ1v) is 6.77. The van der Waals surface area contributed by atoms with Crippen molar-refractivity contribution in [1.82, 2.24) is 0 Å². The smallest absolute Gasteiger partial charge is 0.0945 e. The number of ether oxygens (including phenoxy) is 1. The summed E-state index contributed by atoms with van der Waals surface area (Å²) < 4.78 is 5.35. The van der Waals surface area contributed by atoms with Gasteiger partial charge in [-0.05, 0) is 31.0 Å². The van der Waals surface area contributed by atoms with E-state index in [2.05, 4.69) is 12.2 Å². The van der Waals surface area contributed by atoms with Gasteiger partial charge in [0.15, 0.2) is 0 Å². The molecule has 1 rings (SSSR count). The second-order valence-corrected chi connectivity index (χ2v) is 4.83. The third kappa shape index (κ3) is 5.71. The summed E-state index contributed by atoms with van der Waals surface area (Å²) in [4.78, 5) is 0. The van der Waals surface area contributed by atoms with E-state index in [4.69, 9.17) is 16.3 Å². The molecule has 0 bridgehead atoms. The molecule has 0 heterocycles. The van der Waals surface area contributed by atoms with E-state index in [1.807, 2.05) is 25.1 Å². The van der Waals surface area contributed by atoms with Gasteiger partial charge in [-0.3, -0.25) is 0 Å². The highest BCUT2D eigenvalue weighted by Crippen LogP contribution is 2.19. The van der Waals surface area contributed by atoms with Crippen LogP contribution in [0.4, 0.5) is 5.69 Å². The van der Waals surface area contributed by atoms with Gasteiger partial charge in [-0.1, -0.05) is 31.0 Å². The molecule has 0 saturated heterocycles. The Balaban J connectivity index is 2.24. The van der Waals surface area contributed by atoms with Gasteiger partial charge in [0.25, 0.3) is 0 Å². The third-order valence-corrected chi connectivity index (χ3v) is 3.07. The highest BCUT2D eigenvalue weighted by atomic mass is 35.5. The lowest BCUT2D eigenvalue weighted by Crippen LogP contribution is -2.25. The minimum atomic E-state index is -0.498. The lowest BCUT2D eigenvalue weighted by atomic mass is 10.2. The van der Waals surface area contributed by atoms with Crippen LogP contribution < -0.4 is 5.32 Å². The molecule has 0 aliphatic heterocycles. The molecule has 1 unspecified atom stereocenters. The van der Waals surface area contributed by atoms with Crippen LogP contribution in [-0.2, 0) is 4.74 Å². The quantitative estimate of drug-likeness (QED) is 0.713. The summed E-state index contributed by atoms with van der Waals surface area (Å²) in [5, 5.41) is 13.6. The molecule has 4 heteroatoms. The van der Waals surface area contributed by atoms with E-state index >= 15 is 0 Å². The lowest BCUT2D eigenvalue weighted by molar-refractivity contribution is 0.0422. The van der Waals surface area contributed by atoms with Crippen molar-refractivity contribution in [2.75, 3.05) is 25.1 Å². The molecule has 1 atom stereocenters. The van der Waals surface area contributed by atoms with Gasteiger partial charge in [0.2, 0.25) is 0 Å². The van der Waals surface area contributed by atoms with Crippen LogP contribution in [0.15, 0.2) is 18.2 Å². The van der Waals surface area contributed by atoms with Crippen molar-refractivity contribution >= 4 is 17.3 Å². The van der Waals surface area contributed by atoms with Crippen LogP contribution in [0.3, 0.4) is 0 Å². The van der Waals surface area contributed by atoms with Gasteiger partial charge in [0.1, 0.15) is 0 Å². The minimum Gasteiger partial charge on any atom is -0.389 e. The molecule has 3 nitrogen and oxygen atoms in total. The fourth-order valence-corrected chi connectivity index (χ4v) is 1.64. The Kier molecular flexibility index (Phi) is 7.09. The van der Waals surface area contributed by atoms with E-state index in [-0.39, 0.29) is 0 Å². The van der Waals surface area contributed by atoms with Crippen molar-refractivity contribution < 1.29 is 9.84 Å². The predicted molar refractivity (Wildman–Crippen MR) is 76.4 cm³/mol. The molecule has 1 aromatic carbocycles. The summed E-state index contributed by atoms with van der Waals surface area (Å²) in [6, 6.07) is 5.77. The summed E-state index contributed by atoms with van der Waals surface area (Å²) in [6.07, 6.45) is 1.64. The fourth-order valence-electron chi connectivity index (χ4n) is 1.46. The fraction of sp³-hybridized carbons (Fsp3) is 0.571. The summed E-state index contributed by atoms with van der Waals surface area (Å²) >= 11 is 6.02. The van der Waals surface area contributed by atoms with Crippen LogP contribution in [0.2, 0.25) is 5.02 Å². The summed E-state index contributed by atoms with van der Waals surface area (Å²) in [5.41, 5.74) is 1.96. The summed E-state index contributed by atoms with van der Waals surface area (Å²) in [7, 11) is 0. The van der Waals surface area contributed by atoms with Crippen molar-refractivity contribution in [2.24, 2.45) is 0 Å². The molecule has 2 N–H and O–H groups in total. The Labute approximate surface area is 114 Å². The van der Waals surface area contributed by atoms with Crippen molar-refractivity contribution in [3.05, 3.63) is 28.8 Å². The van der Waals surface area contributed by atoms with E-state index in [0.29, 0.717) is 19.8 Å². The zero-order valence-corrected chi connectivity index (χ0v) is 11.8. The maximum absolute atomic E-state index is 9.71. The second kappa shape index (κ2) is 8.35. The van der Waals surface area contributed by atoms with Gasteiger partial charge < -0.3 is 15.2 Å². The van der Waals surface area contributed by atoms with Crippen molar-refractivity contribution in [1.29, 1.82) is 0 Å². The first-order chi connectivity index (χ1) is 8.63. The Morgan fingerprint density at radius 2 is 2.22 bits per heavy atom. The normalized spacial score (nSPS) is 12.4. The van der Waals surface area contributed by atoms with Gasteiger partial charge in [0, 0.05) is 23.9 Å². The lowest BCUT2D eigenvalue weighted by Gasteiger charge is -2.13. The van der Waals surface area contributed by atoms with E-state index in [0.717, 1.165) is 29.1 Å². The molecule has 0 aliphatic rings. The summed E-state index contributed by atoms with van der Waals surface area (Å²) in [6.45, 7) is 5.62. The number of hydrogen-bond acceptors (Lipinski definition) is 3. The predicted octanol–water partition coefficient (Wildman–Crippen LogP) is 3.24. The van der Waals surface area contributed by atoms with Crippen LogP contribution in [0.5, 0.6) is 0 Å². The maximum Gasteiger partial charge on any atom is 0.0945 e. The van der Waals surface area contributed by atoms with Gasteiger partial charge in [-0.15, -0.1) is 0 Å². The van der Waals surface area contributed by atoms with E-state index < -0.39 is 6.10 Å². The minimum absolute atomic E-state index is 0.368. The van der Waals surface area contributed by atoms with Crippen LogP contribution in [0.25, 0.3) is 0 Å². The maximum atomic E-state index is 9.71. The molecule has 0 fully saturated rings. The molecule has 1 aromatic rings. The number of aliphatic hydroxyl groups is 1. The molecule has 0 aromatic heterocycles. The molecular formula is C14H22ClNO2. The molecule has 0 aliphatic carbocycles. The zero-order valence-electron chi connectivity index (χ0n) is 11.1. The first-order valence-electron chi connectivity index (χ1n) is 6.39. The number of rotatable bonds is 8. The van der Waals surface area contributed by atoms with Gasteiger partial charge in [-0.2, -0.15) is 0 Å². The van der Waals surface area contributed by atoms with Crippen LogP contribution in [0.1, 0.15) is 25.3 Å². The molecule has 0 spiro atoms. The number of halogens is 1. The second-order valence-electron chi connectivity index (χ2n) is 4.43. The van der Waals surface area contributed by atoms with Crippen LogP contribution >= 0.6 is 11.6 Å². The highest BCUT2D eigenvalue weighted by molar-refractivity contribution is 6.31. The highest BCUT2D eigenvalue weighted by Gasteiger charge is 2.04. The van der Waals surface area contributed by atoms with Crippen LogP contribution in [0, 0.1) is 6.92 Å². The molecule has 18 heavy (non-hydrogen) atoms. The molecule has 0 radical (unpaired) electrons. The molecule has 102 valence electrons. The largest absolute Gasteiger partial charge is 0.389 e. The van der Waals surface area contributed by atoms with Crippen molar-refractivity contribution in [3.63, 3.8) is 0 Å². The first kappa shape index (κ1) is 15.3. The molecule has 0 saturated carbocycles. The van der Waals surface area contributed by atoms with E-state index in [1.165, 1.54) is 0 Å². The molecular weight excluding hydrogens is 250 g/mol. The van der Waals surface area contributed by atoms with Gasteiger partial charge in [-0.25, -0.2) is 0 Å². The number of benzene rings is 1. The number of unbranched alkanes of at least 4 members (excludes halogenated alkanes) is 1.